The summed E-state index contributed by atoms with van der Waals surface area (Å²) in [5, 5.41) is 2.02. The van der Waals surface area contributed by atoms with E-state index in [-0.39, 0.29) is 18.9 Å². The molecule has 0 radical (unpaired) electrons. The molecule has 0 spiro atoms. The van der Waals surface area contributed by atoms with Crippen LogP contribution in [0.2, 0.25) is 5.02 Å². The largest absolute Gasteiger partial charge is 0.459 e. The molecule has 3 aromatic rings. The first-order chi connectivity index (χ1) is 16.3. The number of hydrogen-bond acceptors (Lipinski definition) is 7. The molecule has 4 rings (SSSR count). The number of carbonyl (C=O) groups excluding carboxylic acids is 3. The van der Waals surface area contributed by atoms with E-state index in [1.807, 2.05) is 44.2 Å². The van der Waals surface area contributed by atoms with Crippen LogP contribution in [0.4, 0.5) is 4.79 Å². The molecule has 1 fully saturated rings. The van der Waals surface area contributed by atoms with Gasteiger partial charge in [-0.25, -0.2) is 9.78 Å². The Morgan fingerprint density at radius 2 is 1.88 bits per heavy atom. The smallest absolute Gasteiger partial charge is 0.333 e. The lowest BCUT2D eigenvalue weighted by molar-refractivity contribution is -0.150. The fourth-order valence-electron chi connectivity index (χ4n) is 3.49. The van der Waals surface area contributed by atoms with Crippen LogP contribution >= 0.6 is 23.4 Å². The predicted molar refractivity (Wildman–Crippen MR) is 129 cm³/mol. The summed E-state index contributed by atoms with van der Waals surface area (Å²) >= 11 is 6.85. The molecule has 2 aromatic carbocycles. The number of thioether (sulfide) groups is 1. The molecule has 1 atom stereocenters. The van der Waals surface area contributed by atoms with Crippen molar-refractivity contribution in [2.45, 2.75) is 31.6 Å². The van der Waals surface area contributed by atoms with Crippen molar-refractivity contribution in [1.29, 1.82) is 0 Å². The van der Waals surface area contributed by atoms with Crippen molar-refractivity contribution in [3.63, 3.8) is 0 Å². The van der Waals surface area contributed by atoms with Crippen molar-refractivity contribution in [2.75, 3.05) is 0 Å². The molecule has 0 bridgehead atoms. The first-order valence-corrected chi connectivity index (χ1v) is 11.6. The average molecular weight is 497 g/mol. The second-order valence-electron chi connectivity index (χ2n) is 7.90. The summed E-state index contributed by atoms with van der Waals surface area (Å²) in [6.07, 6.45) is 1.64. The molecule has 1 aliphatic rings. The summed E-state index contributed by atoms with van der Waals surface area (Å²) in [5.41, 5.74) is 3.16. The van der Waals surface area contributed by atoms with Crippen molar-refractivity contribution >= 4 is 40.5 Å². The van der Waals surface area contributed by atoms with Gasteiger partial charge in [-0.05, 0) is 66.1 Å². The topological polar surface area (TPSA) is 94.6 Å². The zero-order chi connectivity index (χ0) is 24.3. The number of esters is 1. The van der Waals surface area contributed by atoms with E-state index in [2.05, 4.69) is 10.3 Å². The number of aromatic nitrogens is 1. The van der Waals surface area contributed by atoms with E-state index in [9.17, 15) is 14.4 Å². The number of nitrogens with zero attached hydrogens (tertiary/aromatic N) is 1. The highest BCUT2D eigenvalue weighted by atomic mass is 35.5. The van der Waals surface area contributed by atoms with Crippen LogP contribution in [0.5, 0.6) is 11.6 Å². The lowest BCUT2D eigenvalue weighted by atomic mass is 9.94. The van der Waals surface area contributed by atoms with Crippen LogP contribution in [0.15, 0.2) is 60.8 Å². The van der Waals surface area contributed by atoms with E-state index >= 15 is 0 Å². The highest BCUT2D eigenvalue weighted by Gasteiger charge is 2.55. The fourth-order valence-corrected chi connectivity index (χ4v) is 4.73. The Labute approximate surface area is 205 Å². The second-order valence-corrected chi connectivity index (χ2v) is 9.58. The highest BCUT2D eigenvalue weighted by Crippen LogP contribution is 2.38. The number of pyridine rings is 1. The Morgan fingerprint density at radius 1 is 1.12 bits per heavy atom. The standard InChI is InChI=1S/C25H21ClN2O5S/c1-15-10-20(26)21(27-13-15)33-19-9-8-18(16(2)11-19)12-25(22(29)28-24(31)34-25)23(30)32-14-17-6-4-3-5-7-17/h3-11,13H,12,14H2,1-2H3,(H,28,29,31)/t25-/m1/s1. The third-order valence-electron chi connectivity index (χ3n) is 5.30. The van der Waals surface area contributed by atoms with Gasteiger partial charge in [0.25, 0.3) is 11.1 Å². The molecule has 1 aromatic heterocycles. The molecular formula is C25H21ClN2O5S. The first kappa shape index (κ1) is 23.8. The molecular weight excluding hydrogens is 476 g/mol. The van der Waals surface area contributed by atoms with Crippen LogP contribution < -0.4 is 10.1 Å². The van der Waals surface area contributed by atoms with Gasteiger partial charge in [0.2, 0.25) is 10.6 Å². The Bertz CT molecular complexity index is 1270. The van der Waals surface area contributed by atoms with E-state index < -0.39 is 21.9 Å². The fraction of sp³-hybridized carbons (Fsp3) is 0.200. The van der Waals surface area contributed by atoms with Gasteiger partial charge in [-0.15, -0.1) is 0 Å². The van der Waals surface area contributed by atoms with E-state index in [0.29, 0.717) is 28.1 Å². The van der Waals surface area contributed by atoms with Crippen LogP contribution in [0.3, 0.4) is 0 Å². The van der Waals surface area contributed by atoms with Crippen LogP contribution in [-0.2, 0) is 27.4 Å². The van der Waals surface area contributed by atoms with Crippen LogP contribution in [-0.4, -0.2) is 26.8 Å². The third kappa shape index (κ3) is 5.08. The normalized spacial score (nSPS) is 17.4. The predicted octanol–water partition coefficient (Wildman–Crippen LogP) is 5.15. The Kier molecular flexibility index (Phi) is 6.90. The Morgan fingerprint density at radius 3 is 2.53 bits per heavy atom. The van der Waals surface area contributed by atoms with Crippen molar-refractivity contribution in [2.24, 2.45) is 0 Å². The van der Waals surface area contributed by atoms with Gasteiger partial charge in [-0.3, -0.25) is 14.9 Å². The lowest BCUT2D eigenvalue weighted by Crippen LogP contribution is -2.47. The van der Waals surface area contributed by atoms with Crippen molar-refractivity contribution in [1.82, 2.24) is 10.3 Å². The first-order valence-electron chi connectivity index (χ1n) is 10.4. The van der Waals surface area contributed by atoms with Gasteiger partial charge >= 0.3 is 5.97 Å². The number of nitrogens with one attached hydrogen (secondary N) is 1. The Balaban J connectivity index is 1.55. The van der Waals surface area contributed by atoms with Gasteiger partial charge in [0.1, 0.15) is 17.4 Å². The van der Waals surface area contributed by atoms with Crippen molar-refractivity contribution in [3.8, 4) is 11.6 Å². The molecule has 7 nitrogen and oxygen atoms in total. The number of carbonyl (C=O) groups is 3. The zero-order valence-electron chi connectivity index (χ0n) is 18.5. The minimum absolute atomic E-state index is 0.000473. The summed E-state index contributed by atoms with van der Waals surface area (Å²) in [6, 6.07) is 16.1. The van der Waals surface area contributed by atoms with Gasteiger partial charge in [-0.2, -0.15) is 0 Å². The van der Waals surface area contributed by atoms with Crippen LogP contribution in [0.25, 0.3) is 0 Å². The third-order valence-corrected chi connectivity index (χ3v) is 6.71. The van der Waals surface area contributed by atoms with E-state index in [1.54, 1.807) is 30.5 Å². The number of benzene rings is 2. The minimum Gasteiger partial charge on any atom is -0.459 e. The zero-order valence-corrected chi connectivity index (χ0v) is 20.0. The quantitative estimate of drug-likeness (QED) is 0.357. The summed E-state index contributed by atoms with van der Waals surface area (Å²) in [5.74, 6) is -0.674. The van der Waals surface area contributed by atoms with Crippen molar-refractivity contribution < 1.29 is 23.9 Å². The maximum atomic E-state index is 13.1. The number of halogens is 1. The number of aryl methyl sites for hydroxylation is 2. The van der Waals surface area contributed by atoms with E-state index in [0.717, 1.165) is 16.7 Å². The minimum atomic E-state index is -1.71. The molecule has 1 saturated heterocycles. The summed E-state index contributed by atoms with van der Waals surface area (Å²) in [4.78, 5) is 42.0. The molecule has 2 heterocycles. The SMILES string of the molecule is Cc1cnc(Oc2ccc(C[C@@]3(C(=O)OCc4ccccc4)SC(=O)NC3=O)c(C)c2)c(Cl)c1. The summed E-state index contributed by atoms with van der Waals surface area (Å²) < 4.78 is 9.54. The molecule has 2 amide bonds. The van der Waals surface area contributed by atoms with Crippen molar-refractivity contribution in [3.05, 3.63) is 88.1 Å². The molecule has 0 unspecified atom stereocenters. The number of hydrogen-bond donors (Lipinski definition) is 1. The van der Waals surface area contributed by atoms with Gasteiger partial charge in [0.05, 0.1) is 0 Å². The van der Waals surface area contributed by atoms with Gasteiger partial charge < -0.3 is 9.47 Å². The van der Waals surface area contributed by atoms with Gasteiger partial charge in [0, 0.05) is 12.6 Å². The van der Waals surface area contributed by atoms with E-state index in [1.165, 1.54) is 0 Å². The lowest BCUT2D eigenvalue weighted by Gasteiger charge is -2.23. The number of imide groups is 1. The molecule has 1 N–H and O–H groups in total. The molecule has 9 heteroatoms. The Hall–Kier alpha value is -3.36. The van der Waals surface area contributed by atoms with Crippen LogP contribution in [0.1, 0.15) is 22.3 Å². The average Bonchev–Trinajstić information content (AvgIpc) is 3.10. The number of ether oxygens (including phenoxy) is 2. The maximum Gasteiger partial charge on any atom is 0.333 e. The number of rotatable bonds is 7. The molecule has 1 aliphatic heterocycles. The highest BCUT2D eigenvalue weighted by molar-refractivity contribution is 8.16. The molecule has 0 aliphatic carbocycles. The monoisotopic (exact) mass is 496 g/mol. The molecule has 0 saturated carbocycles. The summed E-state index contributed by atoms with van der Waals surface area (Å²) in [6.45, 7) is 3.71. The van der Waals surface area contributed by atoms with E-state index in [4.69, 9.17) is 21.1 Å². The second kappa shape index (κ2) is 9.87. The van der Waals surface area contributed by atoms with Crippen LogP contribution in [0, 0.1) is 13.8 Å². The maximum absolute atomic E-state index is 13.1. The number of amides is 2. The van der Waals surface area contributed by atoms with Gasteiger partial charge in [-0.1, -0.05) is 48.0 Å². The van der Waals surface area contributed by atoms with Gasteiger partial charge in [0.15, 0.2) is 0 Å². The molecule has 34 heavy (non-hydrogen) atoms. The molecule has 174 valence electrons. The summed E-state index contributed by atoms with van der Waals surface area (Å²) in [7, 11) is 0.